The van der Waals surface area contributed by atoms with E-state index in [2.05, 4.69) is 11.1 Å². The molecule has 2 amide bonds. The molecule has 7 heteroatoms. The summed E-state index contributed by atoms with van der Waals surface area (Å²) < 4.78 is 12.3. The first-order valence-corrected chi connectivity index (χ1v) is 11.9. The number of morpholine rings is 1. The number of hydrogen-bond donors (Lipinski definition) is 0. The van der Waals surface area contributed by atoms with Gasteiger partial charge in [-0.05, 0) is 62.8 Å². The van der Waals surface area contributed by atoms with E-state index in [0.717, 1.165) is 30.6 Å². The summed E-state index contributed by atoms with van der Waals surface area (Å²) in [5, 5.41) is 0. The second-order valence-electron chi connectivity index (χ2n) is 8.79. The van der Waals surface area contributed by atoms with Crippen molar-refractivity contribution in [3.63, 3.8) is 0 Å². The predicted molar refractivity (Wildman–Crippen MR) is 125 cm³/mol. The van der Waals surface area contributed by atoms with E-state index in [1.165, 1.54) is 5.56 Å². The molecule has 0 radical (unpaired) electrons. The summed E-state index contributed by atoms with van der Waals surface area (Å²) >= 11 is 0. The normalized spacial score (nSPS) is 22.2. The van der Waals surface area contributed by atoms with Crippen LogP contribution in [0.2, 0.25) is 0 Å². The van der Waals surface area contributed by atoms with Crippen molar-refractivity contribution in [2.24, 2.45) is 0 Å². The van der Waals surface area contributed by atoms with Gasteiger partial charge in [-0.1, -0.05) is 24.3 Å². The summed E-state index contributed by atoms with van der Waals surface area (Å²) in [5.41, 5.74) is 1.42. The highest BCUT2D eigenvalue weighted by Gasteiger charge is 2.46. The van der Waals surface area contributed by atoms with Crippen molar-refractivity contribution in [1.29, 1.82) is 0 Å². The van der Waals surface area contributed by atoms with Crippen LogP contribution in [0, 0.1) is 6.92 Å². The summed E-state index contributed by atoms with van der Waals surface area (Å²) in [6.07, 6.45) is 4.83. The summed E-state index contributed by atoms with van der Waals surface area (Å²) in [6.45, 7) is 6.33. The largest absolute Gasteiger partial charge is 0.491 e. The Morgan fingerprint density at radius 1 is 1.12 bits per heavy atom. The number of carbonyl (C=O) groups excluding carboxylic acids is 2. The maximum absolute atomic E-state index is 13.8. The van der Waals surface area contributed by atoms with Gasteiger partial charge >= 0.3 is 0 Å². The number of benzene rings is 1. The van der Waals surface area contributed by atoms with Crippen molar-refractivity contribution in [3.8, 4) is 5.75 Å². The van der Waals surface area contributed by atoms with Gasteiger partial charge in [0.1, 0.15) is 18.1 Å². The third kappa shape index (κ3) is 5.03. The van der Waals surface area contributed by atoms with Crippen LogP contribution in [0.5, 0.6) is 5.75 Å². The van der Waals surface area contributed by atoms with Crippen molar-refractivity contribution >= 4 is 11.8 Å². The number of likely N-dealkylation sites (N-methyl/N-ethyl adjacent to an activating group) is 1. The van der Waals surface area contributed by atoms with Gasteiger partial charge in [0.2, 0.25) is 0 Å². The number of pyridine rings is 1. The molecule has 2 aliphatic heterocycles. The lowest BCUT2D eigenvalue weighted by Crippen LogP contribution is -2.62. The van der Waals surface area contributed by atoms with Crippen LogP contribution >= 0.6 is 0 Å². The van der Waals surface area contributed by atoms with Crippen LogP contribution in [0.4, 0.5) is 0 Å². The molecule has 176 valence electrons. The first-order valence-electron chi connectivity index (χ1n) is 11.9. The minimum atomic E-state index is -1.04. The number of para-hydroxylation sites is 1. The van der Waals surface area contributed by atoms with E-state index in [-0.39, 0.29) is 18.4 Å². The van der Waals surface area contributed by atoms with Gasteiger partial charge < -0.3 is 19.3 Å². The maximum atomic E-state index is 13.8. The van der Waals surface area contributed by atoms with E-state index in [1.54, 1.807) is 16.0 Å². The third-order valence-electron chi connectivity index (χ3n) is 6.61. The molecule has 1 aromatic heterocycles. The molecular weight excluding hydrogens is 418 g/mol. The zero-order chi connectivity index (χ0) is 23.3. The van der Waals surface area contributed by atoms with Crippen molar-refractivity contribution in [2.75, 3.05) is 39.4 Å². The second-order valence-corrected chi connectivity index (χ2v) is 8.79. The number of rotatable bonds is 2. The summed E-state index contributed by atoms with van der Waals surface area (Å²) in [6, 6.07) is 11.8. The molecule has 1 spiro atoms. The quantitative estimate of drug-likeness (QED) is 0.701. The smallest absolute Gasteiger partial charge is 0.272 e. The van der Waals surface area contributed by atoms with Crippen LogP contribution in [-0.4, -0.2) is 71.6 Å². The Balaban J connectivity index is 1.58. The van der Waals surface area contributed by atoms with Gasteiger partial charge in [-0.2, -0.15) is 0 Å². The number of amides is 2. The predicted octanol–water partition coefficient (Wildman–Crippen LogP) is 3.26. The Labute approximate surface area is 195 Å². The number of ether oxygens (including phenoxy) is 2. The Morgan fingerprint density at radius 2 is 1.97 bits per heavy atom. The lowest BCUT2D eigenvalue weighted by Gasteiger charge is -2.44. The molecule has 7 nitrogen and oxygen atoms in total. The van der Waals surface area contributed by atoms with Gasteiger partial charge in [-0.25, -0.2) is 0 Å². The summed E-state index contributed by atoms with van der Waals surface area (Å²) in [7, 11) is 0. The van der Waals surface area contributed by atoms with Gasteiger partial charge in [0, 0.05) is 19.3 Å². The molecule has 33 heavy (non-hydrogen) atoms. The molecule has 0 N–H and O–H groups in total. The lowest BCUT2D eigenvalue weighted by molar-refractivity contribution is -0.170. The molecule has 4 rings (SSSR count). The molecule has 1 saturated heterocycles. The second kappa shape index (κ2) is 10.3. The Kier molecular flexibility index (Phi) is 7.28. The SMILES string of the molecule is CCN1CCOc2ccccc2CCCCC2(CN(C(=O)c3ncccc3C)CCO2)C1=O. The minimum Gasteiger partial charge on any atom is -0.491 e. The van der Waals surface area contributed by atoms with E-state index >= 15 is 0 Å². The summed E-state index contributed by atoms with van der Waals surface area (Å²) in [4.78, 5) is 34.9. The highest BCUT2D eigenvalue weighted by Crippen LogP contribution is 2.30. The molecular formula is C26H33N3O4. The van der Waals surface area contributed by atoms with Gasteiger partial charge in [0.15, 0.2) is 5.60 Å². The molecule has 1 atom stereocenters. The maximum Gasteiger partial charge on any atom is 0.272 e. The van der Waals surface area contributed by atoms with Crippen LogP contribution in [0.25, 0.3) is 0 Å². The average molecular weight is 452 g/mol. The number of hydrogen-bond acceptors (Lipinski definition) is 5. The molecule has 0 bridgehead atoms. The van der Waals surface area contributed by atoms with E-state index < -0.39 is 5.60 Å². The number of carbonyl (C=O) groups is 2. The van der Waals surface area contributed by atoms with Gasteiger partial charge in [0.05, 0.1) is 19.7 Å². The topological polar surface area (TPSA) is 72.0 Å². The highest BCUT2D eigenvalue weighted by atomic mass is 16.5. The fourth-order valence-corrected chi connectivity index (χ4v) is 4.74. The molecule has 1 unspecified atom stereocenters. The van der Waals surface area contributed by atoms with E-state index in [4.69, 9.17) is 9.47 Å². The number of aromatic nitrogens is 1. The van der Waals surface area contributed by atoms with E-state index in [1.807, 2.05) is 44.2 Å². The zero-order valence-corrected chi connectivity index (χ0v) is 19.6. The molecule has 2 aromatic rings. The highest BCUT2D eigenvalue weighted by molar-refractivity contribution is 5.95. The van der Waals surface area contributed by atoms with Crippen molar-refractivity contribution in [2.45, 2.75) is 45.1 Å². The first-order chi connectivity index (χ1) is 16.0. The molecule has 3 heterocycles. The fraction of sp³-hybridized carbons (Fsp3) is 0.500. The molecule has 2 aliphatic rings. The van der Waals surface area contributed by atoms with Crippen molar-refractivity contribution in [1.82, 2.24) is 14.8 Å². The van der Waals surface area contributed by atoms with E-state index in [0.29, 0.717) is 45.0 Å². The molecule has 1 fully saturated rings. The number of aryl methyl sites for hydroxylation is 2. The van der Waals surface area contributed by atoms with Crippen molar-refractivity contribution < 1.29 is 19.1 Å². The van der Waals surface area contributed by atoms with Crippen LogP contribution in [0.1, 0.15) is 47.8 Å². The van der Waals surface area contributed by atoms with Gasteiger partial charge in [-0.3, -0.25) is 14.6 Å². The third-order valence-corrected chi connectivity index (χ3v) is 6.61. The summed E-state index contributed by atoms with van der Waals surface area (Å²) in [5.74, 6) is 0.695. The molecule has 1 aromatic carbocycles. The standard InChI is InChI=1S/C26H33N3O4/c1-3-28-15-17-32-22-12-5-4-10-21(22)11-6-7-13-26(25(28)31)19-29(16-18-33-26)24(30)23-20(2)9-8-14-27-23/h4-5,8-10,12,14H,3,6-7,11,13,15-19H2,1-2H3. The van der Waals surface area contributed by atoms with Crippen molar-refractivity contribution in [3.05, 3.63) is 59.4 Å². The van der Waals surface area contributed by atoms with E-state index in [9.17, 15) is 9.59 Å². The minimum absolute atomic E-state index is 0.0577. The number of nitrogens with zero attached hydrogens (tertiary/aromatic N) is 3. The Morgan fingerprint density at radius 3 is 2.79 bits per heavy atom. The van der Waals surface area contributed by atoms with Crippen LogP contribution < -0.4 is 4.74 Å². The zero-order valence-electron chi connectivity index (χ0n) is 19.6. The van der Waals surface area contributed by atoms with Crippen LogP contribution in [0.15, 0.2) is 42.6 Å². The van der Waals surface area contributed by atoms with Gasteiger partial charge in [0.25, 0.3) is 11.8 Å². The first kappa shape index (κ1) is 23.2. The van der Waals surface area contributed by atoms with Gasteiger partial charge in [-0.15, -0.1) is 0 Å². The molecule has 0 aliphatic carbocycles. The van der Waals surface area contributed by atoms with Crippen LogP contribution in [-0.2, 0) is 16.0 Å². The lowest BCUT2D eigenvalue weighted by atomic mass is 9.90. The Hall–Kier alpha value is -2.93. The molecule has 0 saturated carbocycles. The average Bonchev–Trinajstić information content (AvgIpc) is 2.84. The Bertz CT molecular complexity index is 995. The monoisotopic (exact) mass is 451 g/mol. The number of fused-ring (bicyclic) bond motifs is 1. The fourth-order valence-electron chi connectivity index (χ4n) is 4.74. The van der Waals surface area contributed by atoms with Crippen LogP contribution in [0.3, 0.4) is 0 Å².